The average molecular weight is 265 g/mol. The first kappa shape index (κ1) is 14.3. The minimum absolute atomic E-state index is 0.115. The molecule has 1 aromatic carbocycles. The maximum absolute atomic E-state index is 13.8. The largest absolute Gasteiger partial charge is 0.493 e. The fourth-order valence-corrected chi connectivity index (χ4v) is 2.10. The lowest BCUT2D eigenvalue weighted by Gasteiger charge is -2.19. The van der Waals surface area contributed by atoms with E-state index in [4.69, 9.17) is 4.74 Å². The minimum atomic E-state index is -0.154. The summed E-state index contributed by atoms with van der Waals surface area (Å²) in [7, 11) is 0. The summed E-state index contributed by atoms with van der Waals surface area (Å²) in [5.74, 6) is 1.39. The Hall–Kier alpha value is -1.09. The first-order valence-electron chi connectivity index (χ1n) is 7.28. The summed E-state index contributed by atoms with van der Waals surface area (Å²) >= 11 is 0. The first-order valence-corrected chi connectivity index (χ1v) is 7.28. The van der Waals surface area contributed by atoms with Crippen LogP contribution >= 0.6 is 0 Å². The summed E-state index contributed by atoms with van der Waals surface area (Å²) in [6, 6.07) is 3.56. The third kappa shape index (κ3) is 3.93. The molecule has 1 aliphatic carbocycles. The van der Waals surface area contributed by atoms with E-state index in [9.17, 15) is 4.39 Å². The van der Waals surface area contributed by atoms with Gasteiger partial charge in [-0.2, -0.15) is 0 Å². The van der Waals surface area contributed by atoms with E-state index in [-0.39, 0.29) is 11.9 Å². The van der Waals surface area contributed by atoms with Crippen LogP contribution in [0.5, 0.6) is 5.75 Å². The van der Waals surface area contributed by atoms with Crippen LogP contribution in [0.3, 0.4) is 0 Å². The molecule has 0 heterocycles. The van der Waals surface area contributed by atoms with Gasteiger partial charge in [-0.05, 0) is 63.3 Å². The second kappa shape index (κ2) is 6.38. The maximum Gasteiger partial charge on any atom is 0.126 e. The van der Waals surface area contributed by atoms with Gasteiger partial charge in [0, 0.05) is 11.6 Å². The molecule has 0 aromatic heterocycles. The molecule has 0 saturated heterocycles. The zero-order chi connectivity index (χ0) is 13.8. The van der Waals surface area contributed by atoms with Crippen molar-refractivity contribution in [1.82, 2.24) is 5.32 Å². The highest BCUT2D eigenvalue weighted by Gasteiger charge is 2.23. The van der Waals surface area contributed by atoms with Gasteiger partial charge < -0.3 is 10.1 Å². The molecule has 1 fully saturated rings. The van der Waals surface area contributed by atoms with Crippen molar-refractivity contribution in [1.29, 1.82) is 0 Å². The third-order valence-electron chi connectivity index (χ3n) is 3.63. The van der Waals surface area contributed by atoms with Crippen molar-refractivity contribution in [3.8, 4) is 5.75 Å². The fraction of sp³-hybridized carbons (Fsp3) is 0.625. The number of rotatable bonds is 7. The van der Waals surface area contributed by atoms with Gasteiger partial charge in [-0.1, -0.05) is 6.92 Å². The number of benzene rings is 1. The van der Waals surface area contributed by atoms with Crippen molar-refractivity contribution >= 4 is 0 Å². The third-order valence-corrected chi connectivity index (χ3v) is 3.63. The Morgan fingerprint density at radius 2 is 2.16 bits per heavy atom. The van der Waals surface area contributed by atoms with E-state index in [1.54, 1.807) is 13.0 Å². The maximum atomic E-state index is 13.8. The van der Waals surface area contributed by atoms with Gasteiger partial charge in [0.1, 0.15) is 11.6 Å². The van der Waals surface area contributed by atoms with Crippen LogP contribution < -0.4 is 10.1 Å². The molecule has 1 aromatic rings. The van der Waals surface area contributed by atoms with E-state index in [1.165, 1.54) is 12.8 Å². The standard InChI is InChI=1S/C16H24FNO/c1-4-7-18-12(3)14-9-15(17)11(2)8-16(14)19-10-13-5-6-13/h8-9,12-13,18H,4-7,10H2,1-3H3. The summed E-state index contributed by atoms with van der Waals surface area (Å²) in [5.41, 5.74) is 1.58. The van der Waals surface area contributed by atoms with Gasteiger partial charge in [-0.15, -0.1) is 0 Å². The quantitative estimate of drug-likeness (QED) is 0.805. The number of ether oxygens (including phenoxy) is 1. The highest BCUT2D eigenvalue weighted by molar-refractivity contribution is 5.40. The van der Waals surface area contributed by atoms with Gasteiger partial charge in [0.2, 0.25) is 0 Å². The average Bonchev–Trinajstić information content (AvgIpc) is 3.21. The fourth-order valence-electron chi connectivity index (χ4n) is 2.10. The molecule has 2 nitrogen and oxygen atoms in total. The van der Waals surface area contributed by atoms with Gasteiger partial charge >= 0.3 is 0 Å². The molecule has 1 N–H and O–H groups in total. The smallest absolute Gasteiger partial charge is 0.126 e. The van der Waals surface area contributed by atoms with Crippen LogP contribution in [0.4, 0.5) is 4.39 Å². The molecule has 106 valence electrons. The van der Waals surface area contributed by atoms with Crippen molar-refractivity contribution in [2.75, 3.05) is 13.2 Å². The lowest BCUT2D eigenvalue weighted by atomic mass is 10.0. The van der Waals surface area contributed by atoms with Crippen molar-refractivity contribution < 1.29 is 9.13 Å². The van der Waals surface area contributed by atoms with Crippen LogP contribution in [-0.4, -0.2) is 13.2 Å². The second-order valence-corrected chi connectivity index (χ2v) is 5.57. The van der Waals surface area contributed by atoms with Crippen LogP contribution in [0.15, 0.2) is 12.1 Å². The van der Waals surface area contributed by atoms with Gasteiger partial charge in [0.05, 0.1) is 6.61 Å². The Balaban J connectivity index is 2.14. The number of hydrogen-bond donors (Lipinski definition) is 1. The molecule has 1 unspecified atom stereocenters. The zero-order valence-electron chi connectivity index (χ0n) is 12.1. The molecular formula is C16H24FNO. The van der Waals surface area contributed by atoms with Crippen molar-refractivity contribution in [3.63, 3.8) is 0 Å². The molecule has 1 atom stereocenters. The molecule has 1 saturated carbocycles. The van der Waals surface area contributed by atoms with E-state index >= 15 is 0 Å². The Bertz CT molecular complexity index is 429. The molecule has 0 spiro atoms. The Morgan fingerprint density at radius 1 is 1.42 bits per heavy atom. The second-order valence-electron chi connectivity index (χ2n) is 5.57. The predicted octanol–water partition coefficient (Wildman–Crippen LogP) is 3.98. The molecule has 0 radical (unpaired) electrons. The summed E-state index contributed by atoms with van der Waals surface area (Å²) < 4.78 is 19.7. The van der Waals surface area contributed by atoms with Crippen LogP contribution in [0.25, 0.3) is 0 Å². The van der Waals surface area contributed by atoms with E-state index < -0.39 is 0 Å². The summed E-state index contributed by atoms with van der Waals surface area (Å²) in [6.07, 6.45) is 3.59. The van der Waals surface area contributed by atoms with Crippen molar-refractivity contribution in [2.24, 2.45) is 5.92 Å². The van der Waals surface area contributed by atoms with E-state index in [2.05, 4.69) is 19.2 Å². The molecule has 1 aliphatic rings. The molecule has 0 aliphatic heterocycles. The predicted molar refractivity (Wildman–Crippen MR) is 76.1 cm³/mol. The monoisotopic (exact) mass is 265 g/mol. The summed E-state index contributed by atoms with van der Waals surface area (Å²) in [5, 5.41) is 3.39. The van der Waals surface area contributed by atoms with Crippen LogP contribution in [-0.2, 0) is 0 Å². The van der Waals surface area contributed by atoms with Crippen LogP contribution in [0.1, 0.15) is 50.3 Å². The van der Waals surface area contributed by atoms with Crippen molar-refractivity contribution in [2.45, 2.75) is 46.1 Å². The topological polar surface area (TPSA) is 21.3 Å². The lowest BCUT2D eigenvalue weighted by Crippen LogP contribution is -2.20. The molecule has 0 amide bonds. The number of hydrogen-bond acceptors (Lipinski definition) is 2. The van der Waals surface area contributed by atoms with E-state index in [0.29, 0.717) is 11.5 Å². The molecule has 3 heteroatoms. The minimum Gasteiger partial charge on any atom is -0.493 e. The highest BCUT2D eigenvalue weighted by Crippen LogP contribution is 2.33. The van der Waals surface area contributed by atoms with Crippen LogP contribution in [0.2, 0.25) is 0 Å². The molecular weight excluding hydrogens is 241 g/mol. The normalized spacial score (nSPS) is 16.4. The Labute approximate surface area is 115 Å². The number of aryl methyl sites for hydroxylation is 1. The highest BCUT2D eigenvalue weighted by atomic mass is 19.1. The van der Waals surface area contributed by atoms with Crippen molar-refractivity contribution in [3.05, 3.63) is 29.1 Å². The first-order chi connectivity index (χ1) is 9.11. The molecule has 2 rings (SSSR count). The van der Waals surface area contributed by atoms with Gasteiger partial charge in [0.15, 0.2) is 0 Å². The SMILES string of the molecule is CCCNC(C)c1cc(F)c(C)cc1OCC1CC1. The molecule has 0 bridgehead atoms. The Morgan fingerprint density at radius 3 is 2.79 bits per heavy atom. The molecule has 19 heavy (non-hydrogen) atoms. The van der Waals surface area contributed by atoms with Gasteiger partial charge in [-0.3, -0.25) is 0 Å². The number of halogens is 1. The van der Waals surface area contributed by atoms with Gasteiger partial charge in [-0.25, -0.2) is 4.39 Å². The lowest BCUT2D eigenvalue weighted by molar-refractivity contribution is 0.293. The van der Waals surface area contributed by atoms with E-state index in [0.717, 1.165) is 30.9 Å². The number of nitrogens with one attached hydrogen (secondary N) is 1. The Kier molecular flexibility index (Phi) is 4.81. The van der Waals surface area contributed by atoms with E-state index in [1.807, 2.05) is 6.07 Å². The van der Waals surface area contributed by atoms with Gasteiger partial charge in [0.25, 0.3) is 0 Å². The van der Waals surface area contributed by atoms with Crippen LogP contribution in [0, 0.1) is 18.7 Å². The summed E-state index contributed by atoms with van der Waals surface area (Å²) in [6.45, 7) is 7.66. The zero-order valence-corrected chi connectivity index (χ0v) is 12.1. The summed E-state index contributed by atoms with van der Waals surface area (Å²) in [4.78, 5) is 0.